The van der Waals surface area contributed by atoms with Crippen molar-refractivity contribution < 1.29 is 24.2 Å². The molecule has 0 radical (unpaired) electrons. The first-order valence-electron chi connectivity index (χ1n) is 11.5. The van der Waals surface area contributed by atoms with Gasteiger partial charge in [0.1, 0.15) is 12.0 Å². The Kier molecular flexibility index (Phi) is 6.40. The Morgan fingerprint density at radius 2 is 1.64 bits per heavy atom. The van der Waals surface area contributed by atoms with Gasteiger partial charge < -0.3 is 20.1 Å². The van der Waals surface area contributed by atoms with Crippen LogP contribution in [0.3, 0.4) is 0 Å². The summed E-state index contributed by atoms with van der Waals surface area (Å²) in [5, 5.41) is 12.2. The number of carboxylic acid groups (broad SMARTS) is 1. The Bertz CT molecular complexity index is 1010. The minimum atomic E-state index is -0.863. The van der Waals surface area contributed by atoms with E-state index >= 15 is 0 Å². The zero-order valence-electron chi connectivity index (χ0n) is 19.0. The summed E-state index contributed by atoms with van der Waals surface area (Å²) >= 11 is 0. The molecule has 2 N–H and O–H groups in total. The molecule has 2 aromatic carbocycles. The van der Waals surface area contributed by atoms with Gasteiger partial charge in [-0.25, -0.2) is 4.79 Å². The number of aliphatic carboxylic acids is 1. The minimum Gasteiger partial charge on any atom is -0.481 e. The van der Waals surface area contributed by atoms with Gasteiger partial charge in [0.05, 0.1) is 0 Å². The predicted molar refractivity (Wildman–Crippen MR) is 124 cm³/mol. The van der Waals surface area contributed by atoms with Crippen LogP contribution < -0.4 is 5.32 Å². The topological polar surface area (TPSA) is 95.9 Å². The minimum absolute atomic E-state index is 0.0240. The van der Waals surface area contributed by atoms with Crippen LogP contribution in [-0.4, -0.2) is 53.7 Å². The molecule has 1 fully saturated rings. The lowest BCUT2D eigenvalue weighted by molar-refractivity contribution is -0.166. The molecule has 174 valence electrons. The SMILES string of the molecule is CC[C@H](CC(=O)N1CC(CC)(C(=O)O)C1)NC(=O)OCC1c2ccccc2-c2ccccc21. The van der Waals surface area contributed by atoms with Gasteiger partial charge in [-0.05, 0) is 35.1 Å². The molecule has 1 atom stereocenters. The molecule has 33 heavy (non-hydrogen) atoms. The summed E-state index contributed by atoms with van der Waals surface area (Å²) in [6.45, 7) is 4.38. The number of carbonyl (C=O) groups excluding carboxylic acids is 2. The second kappa shape index (κ2) is 9.25. The van der Waals surface area contributed by atoms with Crippen LogP contribution in [0.25, 0.3) is 11.1 Å². The molecule has 0 saturated carbocycles. The van der Waals surface area contributed by atoms with Crippen molar-refractivity contribution in [3.8, 4) is 11.1 Å². The van der Waals surface area contributed by atoms with Crippen LogP contribution in [0, 0.1) is 5.41 Å². The van der Waals surface area contributed by atoms with Crippen molar-refractivity contribution in [1.29, 1.82) is 0 Å². The molecule has 7 heteroatoms. The lowest BCUT2D eigenvalue weighted by Crippen LogP contribution is -2.62. The number of benzene rings is 2. The average Bonchev–Trinajstić information content (AvgIpc) is 3.10. The molecule has 2 aliphatic rings. The number of hydrogen-bond donors (Lipinski definition) is 2. The first kappa shape index (κ1) is 22.8. The summed E-state index contributed by atoms with van der Waals surface area (Å²) in [5.74, 6) is -1.03. The van der Waals surface area contributed by atoms with Crippen LogP contribution in [0.15, 0.2) is 48.5 Å². The van der Waals surface area contributed by atoms with E-state index in [2.05, 4.69) is 29.6 Å². The standard InChI is InChI=1S/C26H30N2O5/c1-3-17(13-23(29)28-15-26(4-2,16-28)24(30)31)27-25(32)33-14-22-20-11-7-5-9-18(20)19-10-6-8-12-21(19)22/h5-12,17,22H,3-4,13-16H2,1-2H3,(H,27,32)(H,30,31)/t17-/m1/s1. The Balaban J connectivity index is 1.31. The molecule has 1 aliphatic heterocycles. The normalized spacial score (nSPS) is 16.8. The monoisotopic (exact) mass is 450 g/mol. The number of carbonyl (C=O) groups is 3. The van der Waals surface area contributed by atoms with Crippen LogP contribution in [0.1, 0.15) is 50.2 Å². The number of nitrogens with one attached hydrogen (secondary N) is 1. The fourth-order valence-electron chi connectivity index (χ4n) is 4.81. The second-order valence-electron chi connectivity index (χ2n) is 8.97. The van der Waals surface area contributed by atoms with E-state index in [-0.39, 0.29) is 44.0 Å². The van der Waals surface area contributed by atoms with Gasteiger partial charge in [0.15, 0.2) is 0 Å². The van der Waals surface area contributed by atoms with Crippen molar-refractivity contribution in [2.45, 2.75) is 45.1 Å². The predicted octanol–water partition coefficient (Wildman–Crippen LogP) is 4.02. The quantitative estimate of drug-likeness (QED) is 0.633. The first-order chi connectivity index (χ1) is 15.9. The number of amides is 2. The van der Waals surface area contributed by atoms with Crippen LogP contribution in [-0.2, 0) is 14.3 Å². The maximum absolute atomic E-state index is 12.6. The second-order valence-corrected chi connectivity index (χ2v) is 8.97. The summed E-state index contributed by atoms with van der Waals surface area (Å²) < 4.78 is 5.58. The molecule has 4 rings (SSSR count). The Labute approximate surface area is 193 Å². The Hall–Kier alpha value is -3.35. The van der Waals surface area contributed by atoms with Crippen LogP contribution in [0.2, 0.25) is 0 Å². The third-order valence-corrected chi connectivity index (χ3v) is 7.05. The van der Waals surface area contributed by atoms with Crippen molar-refractivity contribution >= 4 is 18.0 Å². The van der Waals surface area contributed by atoms with Crippen molar-refractivity contribution in [2.75, 3.05) is 19.7 Å². The van der Waals surface area contributed by atoms with E-state index in [9.17, 15) is 19.5 Å². The van der Waals surface area contributed by atoms with E-state index in [0.29, 0.717) is 12.8 Å². The Morgan fingerprint density at radius 3 is 2.15 bits per heavy atom. The largest absolute Gasteiger partial charge is 0.481 e. The van der Waals surface area contributed by atoms with Crippen molar-refractivity contribution in [2.24, 2.45) is 5.41 Å². The molecule has 0 unspecified atom stereocenters. The van der Waals surface area contributed by atoms with Crippen LogP contribution >= 0.6 is 0 Å². The summed E-state index contributed by atoms with van der Waals surface area (Å²) in [6.07, 6.45) is 0.636. The van der Waals surface area contributed by atoms with E-state index in [1.54, 1.807) is 4.90 Å². The van der Waals surface area contributed by atoms with Gasteiger partial charge in [0.25, 0.3) is 0 Å². The molecular formula is C26H30N2O5. The van der Waals surface area contributed by atoms with Gasteiger partial charge in [-0.1, -0.05) is 62.4 Å². The molecule has 2 aromatic rings. The maximum Gasteiger partial charge on any atom is 0.407 e. The van der Waals surface area contributed by atoms with Gasteiger partial charge in [0.2, 0.25) is 5.91 Å². The zero-order chi connectivity index (χ0) is 23.6. The average molecular weight is 451 g/mol. The molecule has 0 aromatic heterocycles. The van der Waals surface area contributed by atoms with Gasteiger partial charge in [0, 0.05) is 31.5 Å². The third kappa shape index (κ3) is 4.32. The van der Waals surface area contributed by atoms with E-state index in [1.807, 2.05) is 38.1 Å². The number of alkyl carbamates (subject to hydrolysis) is 1. The maximum atomic E-state index is 12.6. The van der Waals surface area contributed by atoms with Gasteiger partial charge >= 0.3 is 12.1 Å². The number of ether oxygens (including phenoxy) is 1. The van der Waals surface area contributed by atoms with Crippen molar-refractivity contribution in [3.63, 3.8) is 0 Å². The van der Waals surface area contributed by atoms with Gasteiger partial charge in [-0.3, -0.25) is 9.59 Å². The number of likely N-dealkylation sites (tertiary alicyclic amines) is 1. The number of nitrogens with zero attached hydrogens (tertiary/aromatic N) is 1. The molecule has 1 saturated heterocycles. The fraction of sp³-hybridized carbons (Fsp3) is 0.423. The number of carboxylic acids is 1. The van der Waals surface area contributed by atoms with Crippen molar-refractivity contribution in [3.05, 3.63) is 59.7 Å². The van der Waals surface area contributed by atoms with Crippen molar-refractivity contribution in [1.82, 2.24) is 10.2 Å². The zero-order valence-corrected chi connectivity index (χ0v) is 19.0. The Morgan fingerprint density at radius 1 is 1.06 bits per heavy atom. The summed E-state index contributed by atoms with van der Waals surface area (Å²) in [5.41, 5.74) is 3.78. The number of hydrogen-bond acceptors (Lipinski definition) is 4. The van der Waals surface area contributed by atoms with Gasteiger partial charge in [-0.2, -0.15) is 0 Å². The van der Waals surface area contributed by atoms with Crippen LogP contribution in [0.5, 0.6) is 0 Å². The number of rotatable bonds is 8. The number of fused-ring (bicyclic) bond motifs is 3. The lowest BCUT2D eigenvalue weighted by Gasteiger charge is -2.47. The smallest absolute Gasteiger partial charge is 0.407 e. The highest BCUT2D eigenvalue weighted by atomic mass is 16.5. The molecule has 0 bridgehead atoms. The highest BCUT2D eigenvalue weighted by Gasteiger charge is 2.49. The summed E-state index contributed by atoms with van der Waals surface area (Å²) in [7, 11) is 0. The van der Waals surface area contributed by atoms with E-state index in [0.717, 1.165) is 11.1 Å². The molecule has 0 spiro atoms. The highest BCUT2D eigenvalue weighted by molar-refractivity contribution is 5.84. The fourth-order valence-corrected chi connectivity index (χ4v) is 4.81. The lowest BCUT2D eigenvalue weighted by atomic mass is 9.77. The molecule has 7 nitrogen and oxygen atoms in total. The summed E-state index contributed by atoms with van der Waals surface area (Å²) in [4.78, 5) is 38.1. The van der Waals surface area contributed by atoms with E-state index in [1.165, 1.54) is 11.1 Å². The molecular weight excluding hydrogens is 420 g/mol. The van der Waals surface area contributed by atoms with E-state index in [4.69, 9.17) is 4.74 Å². The summed E-state index contributed by atoms with van der Waals surface area (Å²) in [6, 6.07) is 15.9. The highest BCUT2D eigenvalue weighted by Crippen LogP contribution is 2.44. The molecule has 2 amide bonds. The third-order valence-electron chi connectivity index (χ3n) is 7.05. The van der Waals surface area contributed by atoms with E-state index < -0.39 is 17.5 Å². The van der Waals surface area contributed by atoms with Crippen LogP contribution in [0.4, 0.5) is 4.79 Å². The molecule has 1 aliphatic carbocycles. The first-order valence-corrected chi connectivity index (χ1v) is 11.5. The molecule has 1 heterocycles. The van der Waals surface area contributed by atoms with Gasteiger partial charge in [-0.15, -0.1) is 0 Å².